The molecule has 14 rings (SSSR count). The Balaban J connectivity index is 0.887. The lowest BCUT2D eigenvalue weighted by molar-refractivity contribution is 0.668. The minimum absolute atomic E-state index is 0.868. The lowest BCUT2D eigenvalue weighted by atomic mass is 9.94. The summed E-state index contributed by atoms with van der Waals surface area (Å²) in [5, 5.41) is 4.37. The Morgan fingerprint density at radius 3 is 1.00 bits per heavy atom. The van der Waals surface area contributed by atoms with Crippen molar-refractivity contribution in [3.05, 3.63) is 289 Å². The third-order valence-electron chi connectivity index (χ3n) is 16.0. The smallest absolute Gasteiger partial charge is 0.135 e. The number of hydrogen-bond acceptors (Lipinski definition) is 4. The molecule has 14 aromatic rings. The van der Waals surface area contributed by atoms with Crippen molar-refractivity contribution in [1.82, 2.24) is 0 Å². The van der Waals surface area contributed by atoms with E-state index in [9.17, 15) is 0 Å². The summed E-state index contributed by atoms with van der Waals surface area (Å²) < 4.78 is 12.8. The maximum Gasteiger partial charge on any atom is 0.135 e. The number of furan rings is 2. The fraction of sp³-hybridized carbons (Fsp3) is 0.0526. The van der Waals surface area contributed by atoms with Crippen LogP contribution in [0.3, 0.4) is 0 Å². The lowest BCUT2D eigenvalue weighted by Crippen LogP contribution is -2.14. The first-order valence-corrected chi connectivity index (χ1v) is 27.5. The quantitative estimate of drug-likeness (QED) is 0.129. The zero-order valence-electron chi connectivity index (χ0n) is 45.1. The fourth-order valence-electron chi connectivity index (χ4n) is 12.0. The zero-order chi connectivity index (χ0) is 53.8. The highest BCUT2D eigenvalue weighted by Crippen LogP contribution is 2.49. The van der Waals surface area contributed by atoms with E-state index in [0.717, 1.165) is 123 Å². The van der Waals surface area contributed by atoms with Crippen LogP contribution in [-0.2, 0) is 0 Å². The Bertz CT molecular complexity index is 4330. The number of para-hydroxylation sites is 4. The predicted molar refractivity (Wildman–Crippen MR) is 336 cm³/mol. The molecule has 4 nitrogen and oxygen atoms in total. The highest BCUT2D eigenvalue weighted by Gasteiger charge is 2.25. The third kappa shape index (κ3) is 8.59. The standard InChI is InChI=1S/C76H56N2O2/c1-49-17-15-25-63(57-33-29-55(30-34-57)53-19-7-5-8-20-53)75(49)77(61-39-43-73-67(47-61)65-23-11-13-27-71(65)79-73)69-41-37-59(45-51(69)3)60-38-42-70(52(4)46-60)78(62-40-44-74-68(48-62)66-24-12-14-28-72(66)80-74)76-50(2)18-16-26-64(76)58-35-31-56(32-36-58)54-21-9-6-10-22-54/h5-48H,1-4H3. The summed E-state index contributed by atoms with van der Waals surface area (Å²) >= 11 is 0. The molecule has 0 radical (unpaired) electrons. The summed E-state index contributed by atoms with van der Waals surface area (Å²) in [6.07, 6.45) is 0. The molecule has 0 unspecified atom stereocenters. The normalized spacial score (nSPS) is 11.5. The molecule has 0 fully saturated rings. The van der Waals surface area contributed by atoms with Crippen molar-refractivity contribution < 1.29 is 8.83 Å². The summed E-state index contributed by atoms with van der Waals surface area (Å²) in [6.45, 7) is 8.94. The van der Waals surface area contributed by atoms with E-state index in [0.29, 0.717) is 0 Å². The van der Waals surface area contributed by atoms with Crippen LogP contribution in [0.25, 0.3) is 99.5 Å². The second kappa shape index (κ2) is 20.0. The summed E-state index contributed by atoms with van der Waals surface area (Å²) in [5.41, 5.74) is 26.4. The van der Waals surface area contributed by atoms with Gasteiger partial charge in [0, 0.05) is 55.4 Å². The highest BCUT2D eigenvalue weighted by molar-refractivity contribution is 6.08. The molecule has 0 saturated heterocycles. The van der Waals surface area contributed by atoms with Gasteiger partial charge in [-0.3, -0.25) is 0 Å². The van der Waals surface area contributed by atoms with Gasteiger partial charge in [0.25, 0.3) is 0 Å². The molecule has 0 atom stereocenters. The molecule has 382 valence electrons. The van der Waals surface area contributed by atoms with Gasteiger partial charge in [0.1, 0.15) is 22.3 Å². The van der Waals surface area contributed by atoms with Crippen LogP contribution in [0.1, 0.15) is 22.3 Å². The number of nitrogens with zero attached hydrogens (tertiary/aromatic N) is 2. The molecule has 12 aromatic carbocycles. The van der Waals surface area contributed by atoms with Gasteiger partial charge in [-0.1, -0.05) is 194 Å². The van der Waals surface area contributed by atoms with E-state index in [1.165, 1.54) is 33.4 Å². The Hall–Kier alpha value is -10.2. The second-order valence-corrected chi connectivity index (χ2v) is 21.1. The molecule has 2 aromatic heterocycles. The highest BCUT2D eigenvalue weighted by atomic mass is 16.3. The first kappa shape index (κ1) is 48.2. The van der Waals surface area contributed by atoms with Crippen molar-refractivity contribution in [3.63, 3.8) is 0 Å². The van der Waals surface area contributed by atoms with Crippen molar-refractivity contribution in [2.24, 2.45) is 0 Å². The van der Waals surface area contributed by atoms with Crippen LogP contribution >= 0.6 is 0 Å². The fourth-order valence-corrected chi connectivity index (χ4v) is 12.0. The molecule has 0 aliphatic carbocycles. The average molecular weight is 1030 g/mol. The molecule has 0 aliphatic heterocycles. The number of benzene rings is 12. The van der Waals surface area contributed by atoms with Gasteiger partial charge in [0.2, 0.25) is 0 Å². The Morgan fingerprint density at radius 1 is 0.237 bits per heavy atom. The summed E-state index contributed by atoms with van der Waals surface area (Å²) in [4.78, 5) is 4.91. The third-order valence-corrected chi connectivity index (χ3v) is 16.0. The second-order valence-electron chi connectivity index (χ2n) is 21.1. The number of hydrogen-bond donors (Lipinski definition) is 0. The van der Waals surface area contributed by atoms with Crippen LogP contribution in [0.15, 0.2) is 276 Å². The Morgan fingerprint density at radius 2 is 0.588 bits per heavy atom. The minimum atomic E-state index is 0.868. The van der Waals surface area contributed by atoms with Crippen LogP contribution < -0.4 is 9.80 Å². The molecular formula is C76H56N2O2. The summed E-state index contributed by atoms with van der Waals surface area (Å²) in [6, 6.07) is 96.3. The molecule has 80 heavy (non-hydrogen) atoms. The molecule has 0 amide bonds. The molecule has 4 heteroatoms. The number of anilines is 6. The predicted octanol–water partition coefficient (Wildman–Crippen LogP) is 22.0. The average Bonchev–Trinajstić information content (AvgIpc) is 4.08. The summed E-state index contributed by atoms with van der Waals surface area (Å²) in [5.74, 6) is 0. The molecule has 0 N–H and O–H groups in total. The van der Waals surface area contributed by atoms with Gasteiger partial charge in [-0.05, 0) is 167 Å². The van der Waals surface area contributed by atoms with Crippen molar-refractivity contribution in [3.8, 4) is 55.6 Å². The van der Waals surface area contributed by atoms with Crippen LogP contribution in [0.4, 0.5) is 34.1 Å². The van der Waals surface area contributed by atoms with Gasteiger partial charge in [0.05, 0.1) is 11.4 Å². The largest absolute Gasteiger partial charge is 0.456 e. The van der Waals surface area contributed by atoms with Gasteiger partial charge in [-0.15, -0.1) is 0 Å². The Labute approximate surface area is 466 Å². The van der Waals surface area contributed by atoms with Crippen LogP contribution in [0, 0.1) is 27.7 Å². The number of aryl methyl sites for hydroxylation is 4. The number of rotatable bonds is 11. The first-order chi connectivity index (χ1) is 39.3. The van der Waals surface area contributed by atoms with E-state index in [4.69, 9.17) is 8.83 Å². The molecule has 0 saturated carbocycles. The maximum absolute atomic E-state index is 6.39. The van der Waals surface area contributed by atoms with Crippen molar-refractivity contribution in [2.75, 3.05) is 9.80 Å². The van der Waals surface area contributed by atoms with E-state index >= 15 is 0 Å². The van der Waals surface area contributed by atoms with Crippen LogP contribution in [-0.4, -0.2) is 0 Å². The molecule has 0 aliphatic rings. The van der Waals surface area contributed by atoms with Gasteiger partial charge in [0.15, 0.2) is 0 Å². The van der Waals surface area contributed by atoms with E-state index in [1.54, 1.807) is 0 Å². The minimum Gasteiger partial charge on any atom is -0.456 e. The summed E-state index contributed by atoms with van der Waals surface area (Å²) in [7, 11) is 0. The van der Waals surface area contributed by atoms with Crippen molar-refractivity contribution >= 4 is 78.0 Å². The van der Waals surface area contributed by atoms with E-state index in [2.05, 4.69) is 280 Å². The molecular weight excluding hydrogens is 973 g/mol. The molecule has 0 bridgehead atoms. The van der Waals surface area contributed by atoms with Crippen LogP contribution in [0.2, 0.25) is 0 Å². The lowest BCUT2D eigenvalue weighted by Gasteiger charge is -2.31. The number of fused-ring (bicyclic) bond motifs is 6. The van der Waals surface area contributed by atoms with Gasteiger partial charge in [-0.25, -0.2) is 0 Å². The van der Waals surface area contributed by atoms with E-state index in [-0.39, 0.29) is 0 Å². The van der Waals surface area contributed by atoms with Gasteiger partial charge < -0.3 is 18.6 Å². The monoisotopic (exact) mass is 1030 g/mol. The van der Waals surface area contributed by atoms with E-state index in [1.807, 2.05) is 24.3 Å². The van der Waals surface area contributed by atoms with Gasteiger partial charge >= 0.3 is 0 Å². The van der Waals surface area contributed by atoms with Gasteiger partial charge in [-0.2, -0.15) is 0 Å². The molecule has 0 spiro atoms. The maximum atomic E-state index is 6.39. The van der Waals surface area contributed by atoms with E-state index < -0.39 is 0 Å². The first-order valence-electron chi connectivity index (χ1n) is 27.5. The zero-order valence-corrected chi connectivity index (χ0v) is 45.1. The Kier molecular flexibility index (Phi) is 12.1. The SMILES string of the molecule is Cc1cc(-c2ccc(N(c3ccc4oc5ccccc5c4c3)c3c(C)cccc3-c3ccc(-c4ccccc4)cc3)c(C)c2)ccc1N(c1ccc2oc3ccccc3c2c1)c1c(C)cccc1-c1ccc(-c2ccccc2)cc1. The van der Waals surface area contributed by atoms with Crippen molar-refractivity contribution in [2.45, 2.75) is 27.7 Å². The topological polar surface area (TPSA) is 32.8 Å². The van der Waals surface area contributed by atoms with Crippen molar-refractivity contribution in [1.29, 1.82) is 0 Å². The molecule has 2 heterocycles. The van der Waals surface area contributed by atoms with Crippen LogP contribution in [0.5, 0.6) is 0 Å².